The van der Waals surface area contributed by atoms with E-state index in [2.05, 4.69) is 42.2 Å². The molecule has 0 bridgehead atoms. The molecule has 1 nitrogen and oxygen atoms in total. The van der Waals surface area contributed by atoms with Crippen LogP contribution in [0.25, 0.3) is 0 Å². The van der Waals surface area contributed by atoms with Crippen LogP contribution in [0.5, 0.6) is 0 Å². The van der Waals surface area contributed by atoms with Crippen molar-refractivity contribution in [3.8, 4) is 0 Å². The first-order valence-electron chi connectivity index (χ1n) is 6.21. The molecule has 0 aliphatic carbocycles. The first kappa shape index (κ1) is 13.5. The third-order valence-electron chi connectivity index (χ3n) is 3.33. The van der Waals surface area contributed by atoms with E-state index in [9.17, 15) is 0 Å². The summed E-state index contributed by atoms with van der Waals surface area (Å²) in [5, 5.41) is 0. The minimum absolute atomic E-state index is 0. The fraction of sp³-hybridized carbons (Fsp3) is 0.571. The molecule has 0 radical (unpaired) electrons. The second-order valence-electron chi connectivity index (χ2n) is 4.46. The highest BCUT2D eigenvalue weighted by molar-refractivity contribution is 5.85. The van der Waals surface area contributed by atoms with Crippen molar-refractivity contribution in [3.63, 3.8) is 0 Å². The lowest BCUT2D eigenvalue weighted by atomic mass is 10.0. The highest BCUT2D eigenvalue weighted by Gasteiger charge is 2.21. The van der Waals surface area contributed by atoms with Crippen LogP contribution in [0, 0.1) is 0 Å². The van der Waals surface area contributed by atoms with Crippen LogP contribution in [0.2, 0.25) is 0 Å². The van der Waals surface area contributed by atoms with E-state index in [0.29, 0.717) is 6.04 Å². The maximum Gasteiger partial charge on any atom is 0.0348 e. The summed E-state index contributed by atoms with van der Waals surface area (Å²) in [5.74, 6) is 0. The molecule has 16 heavy (non-hydrogen) atoms. The molecule has 1 aromatic rings. The topological polar surface area (TPSA) is 3.24 Å². The van der Waals surface area contributed by atoms with Gasteiger partial charge in [0.25, 0.3) is 0 Å². The molecule has 2 rings (SSSR count). The van der Waals surface area contributed by atoms with E-state index in [4.69, 9.17) is 0 Å². The molecule has 2 heteroatoms. The average molecular weight is 240 g/mol. The summed E-state index contributed by atoms with van der Waals surface area (Å²) >= 11 is 0. The number of hydrogen-bond acceptors (Lipinski definition) is 1. The lowest BCUT2D eigenvalue weighted by Gasteiger charge is -2.27. The molecule has 1 unspecified atom stereocenters. The zero-order valence-corrected chi connectivity index (χ0v) is 10.9. The molecular formula is C14H22ClN. The van der Waals surface area contributed by atoms with E-state index >= 15 is 0 Å². The first-order valence-corrected chi connectivity index (χ1v) is 6.21. The van der Waals surface area contributed by atoms with Gasteiger partial charge in [-0.1, -0.05) is 43.7 Å². The molecule has 1 heterocycles. The Morgan fingerprint density at radius 3 is 2.31 bits per heavy atom. The fourth-order valence-electron chi connectivity index (χ4n) is 2.56. The second-order valence-corrected chi connectivity index (χ2v) is 4.46. The van der Waals surface area contributed by atoms with Gasteiger partial charge >= 0.3 is 0 Å². The van der Waals surface area contributed by atoms with Crippen LogP contribution in [0.15, 0.2) is 30.3 Å². The van der Waals surface area contributed by atoms with E-state index in [1.54, 1.807) is 0 Å². The number of hydrogen-bond donors (Lipinski definition) is 0. The van der Waals surface area contributed by atoms with Crippen LogP contribution < -0.4 is 0 Å². The lowest BCUT2D eigenvalue weighted by Crippen LogP contribution is -2.25. The third-order valence-corrected chi connectivity index (χ3v) is 3.33. The summed E-state index contributed by atoms with van der Waals surface area (Å²) in [6.45, 7) is 4.87. The molecule has 0 N–H and O–H groups in total. The average Bonchev–Trinajstić information content (AvgIpc) is 2.80. The predicted octanol–water partition coefficient (Wildman–Crippen LogP) is 4.05. The van der Waals surface area contributed by atoms with Crippen molar-refractivity contribution in [1.82, 2.24) is 4.90 Å². The Morgan fingerprint density at radius 2 is 1.75 bits per heavy atom. The monoisotopic (exact) mass is 239 g/mol. The molecule has 90 valence electrons. The molecule has 0 aromatic heterocycles. The smallest absolute Gasteiger partial charge is 0.0348 e. The number of rotatable bonds is 4. The van der Waals surface area contributed by atoms with Gasteiger partial charge in [-0.15, -0.1) is 12.4 Å². The second kappa shape index (κ2) is 6.93. The van der Waals surface area contributed by atoms with E-state index in [1.165, 1.54) is 44.3 Å². The number of nitrogens with zero attached hydrogens (tertiary/aromatic N) is 1. The van der Waals surface area contributed by atoms with Crippen LogP contribution in [0.1, 0.15) is 44.2 Å². The Hall–Kier alpha value is -0.530. The molecule has 1 fully saturated rings. The van der Waals surface area contributed by atoms with Gasteiger partial charge in [-0.25, -0.2) is 0 Å². The van der Waals surface area contributed by atoms with Crippen LogP contribution in [-0.4, -0.2) is 18.0 Å². The van der Waals surface area contributed by atoms with Crippen molar-refractivity contribution in [1.29, 1.82) is 0 Å². The molecule has 0 saturated carbocycles. The van der Waals surface area contributed by atoms with E-state index in [1.807, 2.05) is 0 Å². The number of benzene rings is 1. The van der Waals surface area contributed by atoms with Gasteiger partial charge in [-0.05, 0) is 37.9 Å². The Bertz CT molecular complexity index is 280. The van der Waals surface area contributed by atoms with Crippen molar-refractivity contribution in [3.05, 3.63) is 35.9 Å². The van der Waals surface area contributed by atoms with Crippen molar-refractivity contribution in [2.45, 2.75) is 38.6 Å². The maximum absolute atomic E-state index is 2.65. The van der Waals surface area contributed by atoms with Gasteiger partial charge in [0.05, 0.1) is 0 Å². The van der Waals surface area contributed by atoms with E-state index < -0.39 is 0 Å². The van der Waals surface area contributed by atoms with Crippen LogP contribution in [0.3, 0.4) is 0 Å². The summed E-state index contributed by atoms with van der Waals surface area (Å²) in [6, 6.07) is 11.6. The van der Waals surface area contributed by atoms with Gasteiger partial charge in [0, 0.05) is 6.04 Å². The number of halogens is 1. The summed E-state index contributed by atoms with van der Waals surface area (Å²) in [4.78, 5) is 2.65. The standard InChI is InChI=1S/C14H21N.ClH/c1-2-8-14(15-11-6-7-12-15)13-9-4-3-5-10-13;/h3-5,9-10,14H,2,6-8,11-12H2,1H3;1H. The minimum atomic E-state index is 0. The van der Waals surface area contributed by atoms with Crippen molar-refractivity contribution >= 4 is 12.4 Å². The highest BCUT2D eigenvalue weighted by Crippen LogP contribution is 2.28. The predicted molar refractivity (Wildman–Crippen MR) is 72.1 cm³/mol. The Kier molecular flexibility index (Phi) is 5.86. The van der Waals surface area contributed by atoms with Gasteiger partial charge in [0.1, 0.15) is 0 Å². The lowest BCUT2D eigenvalue weighted by molar-refractivity contribution is 0.232. The van der Waals surface area contributed by atoms with Crippen LogP contribution in [-0.2, 0) is 0 Å². The largest absolute Gasteiger partial charge is 0.296 e. The van der Waals surface area contributed by atoms with Gasteiger partial charge < -0.3 is 0 Å². The van der Waals surface area contributed by atoms with Crippen molar-refractivity contribution in [2.24, 2.45) is 0 Å². The van der Waals surface area contributed by atoms with Gasteiger partial charge in [0.15, 0.2) is 0 Å². The zero-order chi connectivity index (χ0) is 10.5. The Balaban J connectivity index is 0.00000128. The molecule has 0 amide bonds. The zero-order valence-electron chi connectivity index (χ0n) is 10.1. The summed E-state index contributed by atoms with van der Waals surface area (Å²) in [7, 11) is 0. The fourth-order valence-corrected chi connectivity index (χ4v) is 2.56. The summed E-state index contributed by atoms with van der Waals surface area (Å²) in [6.07, 6.45) is 5.33. The molecule has 1 aromatic carbocycles. The van der Waals surface area contributed by atoms with Gasteiger partial charge in [-0.3, -0.25) is 4.90 Å². The van der Waals surface area contributed by atoms with E-state index in [0.717, 1.165) is 0 Å². The van der Waals surface area contributed by atoms with Gasteiger partial charge in [-0.2, -0.15) is 0 Å². The van der Waals surface area contributed by atoms with E-state index in [-0.39, 0.29) is 12.4 Å². The number of likely N-dealkylation sites (tertiary alicyclic amines) is 1. The van der Waals surface area contributed by atoms with Crippen molar-refractivity contribution < 1.29 is 0 Å². The van der Waals surface area contributed by atoms with Crippen LogP contribution in [0.4, 0.5) is 0 Å². The van der Waals surface area contributed by atoms with Crippen molar-refractivity contribution in [2.75, 3.05) is 13.1 Å². The minimum Gasteiger partial charge on any atom is -0.296 e. The Morgan fingerprint density at radius 1 is 1.12 bits per heavy atom. The highest BCUT2D eigenvalue weighted by atomic mass is 35.5. The molecule has 1 saturated heterocycles. The molecule has 0 spiro atoms. The SMILES string of the molecule is CCCC(c1ccccc1)N1CCCC1.Cl. The first-order chi connectivity index (χ1) is 7.42. The molecule has 1 atom stereocenters. The third kappa shape index (κ3) is 3.23. The molecular weight excluding hydrogens is 218 g/mol. The van der Waals surface area contributed by atoms with Crippen LogP contribution >= 0.6 is 12.4 Å². The maximum atomic E-state index is 2.65. The summed E-state index contributed by atoms with van der Waals surface area (Å²) < 4.78 is 0. The summed E-state index contributed by atoms with van der Waals surface area (Å²) in [5.41, 5.74) is 1.50. The molecule has 1 aliphatic rings. The Labute approximate surface area is 105 Å². The normalized spacial score (nSPS) is 18.1. The van der Waals surface area contributed by atoms with Gasteiger partial charge in [0.2, 0.25) is 0 Å². The quantitative estimate of drug-likeness (QED) is 0.767. The molecule has 1 aliphatic heterocycles.